The normalized spacial score (nSPS) is 13.1. The van der Waals surface area contributed by atoms with Crippen LogP contribution in [0.1, 0.15) is 79.8 Å². The van der Waals surface area contributed by atoms with Crippen molar-refractivity contribution < 1.29 is 19.8 Å². The van der Waals surface area contributed by atoms with E-state index in [2.05, 4.69) is 20.6 Å². The number of aromatic nitrogens is 2. The van der Waals surface area contributed by atoms with Gasteiger partial charge in [-0.3, -0.25) is 14.6 Å². The maximum atomic E-state index is 13.0. The number of pyridine rings is 2. The number of nitrogens with zero attached hydrogens (tertiary/aromatic N) is 2. The second kappa shape index (κ2) is 16.0. The number of para-hydroxylation sites is 1. The molecule has 0 fully saturated rings. The molecule has 0 aliphatic rings. The molecular weight excluding hydrogens is 528 g/mol. The number of aliphatic hydroxyl groups is 1. The Morgan fingerprint density at radius 3 is 2.05 bits per heavy atom. The van der Waals surface area contributed by atoms with Crippen LogP contribution >= 0.6 is 0 Å². The Labute approximate surface area is 246 Å². The number of aliphatic hydroxyl groups excluding tert-OH is 1. The van der Waals surface area contributed by atoms with E-state index >= 15 is 0 Å². The summed E-state index contributed by atoms with van der Waals surface area (Å²) in [4.78, 5) is 32.9. The number of nitrogens with one attached hydrogen (secondary N) is 2. The monoisotopic (exact) mass is 566 g/mol. The van der Waals surface area contributed by atoms with E-state index in [1.807, 2.05) is 91.0 Å². The summed E-state index contributed by atoms with van der Waals surface area (Å²) in [5.41, 5.74) is 2.91. The number of hydrogen-bond acceptors (Lipinski definition) is 6. The SMILES string of the molecule is O=C(O)CCCCCCCC(=O)Nc1ccccc1C(Nc1ccccn1)C(c1ccccn1)C(O)c1ccccc1. The topological polar surface area (TPSA) is 124 Å². The summed E-state index contributed by atoms with van der Waals surface area (Å²) < 4.78 is 0. The zero-order valence-corrected chi connectivity index (χ0v) is 23.6. The Morgan fingerprint density at radius 2 is 1.36 bits per heavy atom. The van der Waals surface area contributed by atoms with Crippen LogP contribution in [0.3, 0.4) is 0 Å². The molecule has 8 nitrogen and oxygen atoms in total. The minimum Gasteiger partial charge on any atom is -0.481 e. The molecule has 4 rings (SSSR count). The van der Waals surface area contributed by atoms with Gasteiger partial charge in [-0.1, -0.05) is 79.9 Å². The zero-order chi connectivity index (χ0) is 29.6. The molecular formula is C34H38N4O4. The minimum absolute atomic E-state index is 0.0948. The molecule has 2 aromatic heterocycles. The predicted octanol–water partition coefficient (Wildman–Crippen LogP) is 6.90. The lowest BCUT2D eigenvalue weighted by atomic mass is 9.82. The highest BCUT2D eigenvalue weighted by molar-refractivity contribution is 5.91. The molecule has 218 valence electrons. The number of carboxylic acid groups (broad SMARTS) is 1. The first-order valence-corrected chi connectivity index (χ1v) is 14.4. The van der Waals surface area contributed by atoms with Crippen molar-refractivity contribution in [3.05, 3.63) is 120 Å². The summed E-state index contributed by atoms with van der Waals surface area (Å²) >= 11 is 0. The smallest absolute Gasteiger partial charge is 0.303 e. The zero-order valence-electron chi connectivity index (χ0n) is 23.6. The predicted molar refractivity (Wildman–Crippen MR) is 164 cm³/mol. The van der Waals surface area contributed by atoms with Crippen LogP contribution in [-0.4, -0.2) is 32.1 Å². The van der Waals surface area contributed by atoms with Crippen molar-refractivity contribution in [3.63, 3.8) is 0 Å². The second-order valence-corrected chi connectivity index (χ2v) is 10.3. The summed E-state index contributed by atoms with van der Waals surface area (Å²) in [5, 5.41) is 27.2. The molecule has 0 radical (unpaired) electrons. The van der Waals surface area contributed by atoms with Gasteiger partial charge in [0.1, 0.15) is 5.82 Å². The first-order chi connectivity index (χ1) is 20.5. The summed E-state index contributed by atoms with van der Waals surface area (Å²) in [6, 6.07) is 27.9. The van der Waals surface area contributed by atoms with Crippen molar-refractivity contribution in [2.75, 3.05) is 10.6 Å². The molecule has 2 aromatic carbocycles. The Morgan fingerprint density at radius 1 is 0.714 bits per heavy atom. The van der Waals surface area contributed by atoms with Crippen LogP contribution in [0.2, 0.25) is 0 Å². The molecule has 2 heterocycles. The third-order valence-electron chi connectivity index (χ3n) is 7.20. The molecule has 3 atom stereocenters. The van der Waals surface area contributed by atoms with Gasteiger partial charge in [-0.25, -0.2) is 4.98 Å². The molecule has 42 heavy (non-hydrogen) atoms. The van der Waals surface area contributed by atoms with Crippen LogP contribution in [0.25, 0.3) is 0 Å². The number of carbonyl (C=O) groups is 2. The largest absolute Gasteiger partial charge is 0.481 e. The second-order valence-electron chi connectivity index (χ2n) is 10.3. The van der Waals surface area contributed by atoms with Gasteiger partial charge in [0, 0.05) is 36.6 Å². The van der Waals surface area contributed by atoms with Crippen LogP contribution in [-0.2, 0) is 9.59 Å². The fraction of sp³-hybridized carbons (Fsp3) is 0.294. The van der Waals surface area contributed by atoms with Gasteiger partial charge in [0.15, 0.2) is 0 Å². The van der Waals surface area contributed by atoms with Gasteiger partial charge in [0.25, 0.3) is 0 Å². The van der Waals surface area contributed by atoms with Gasteiger partial charge in [-0.2, -0.15) is 0 Å². The molecule has 0 aliphatic heterocycles. The molecule has 0 saturated heterocycles. The summed E-state index contributed by atoms with van der Waals surface area (Å²) in [7, 11) is 0. The van der Waals surface area contributed by atoms with E-state index in [-0.39, 0.29) is 12.3 Å². The number of hydrogen-bond donors (Lipinski definition) is 4. The van der Waals surface area contributed by atoms with Crippen LogP contribution in [0.4, 0.5) is 11.5 Å². The quantitative estimate of drug-likeness (QED) is 0.109. The number of carbonyl (C=O) groups excluding carboxylic acids is 1. The van der Waals surface area contributed by atoms with Crippen molar-refractivity contribution in [2.45, 2.75) is 63.0 Å². The molecule has 0 aliphatic carbocycles. The lowest BCUT2D eigenvalue weighted by Gasteiger charge is -2.33. The number of rotatable bonds is 16. The molecule has 4 aromatic rings. The van der Waals surface area contributed by atoms with Crippen LogP contribution in [0, 0.1) is 0 Å². The van der Waals surface area contributed by atoms with Gasteiger partial charge in [0.05, 0.1) is 18.1 Å². The van der Waals surface area contributed by atoms with E-state index in [0.717, 1.165) is 36.8 Å². The number of benzene rings is 2. The summed E-state index contributed by atoms with van der Waals surface area (Å²) in [5.74, 6) is -0.764. The fourth-order valence-electron chi connectivity index (χ4n) is 5.10. The van der Waals surface area contributed by atoms with E-state index in [1.165, 1.54) is 0 Å². The highest BCUT2D eigenvalue weighted by atomic mass is 16.4. The van der Waals surface area contributed by atoms with Gasteiger partial charge in [0.2, 0.25) is 5.91 Å². The lowest BCUT2D eigenvalue weighted by molar-refractivity contribution is -0.137. The number of aliphatic carboxylic acids is 1. The van der Waals surface area contributed by atoms with Gasteiger partial charge < -0.3 is 20.8 Å². The Hall–Kier alpha value is -4.56. The highest BCUT2D eigenvalue weighted by Gasteiger charge is 2.35. The average Bonchev–Trinajstić information content (AvgIpc) is 3.02. The molecule has 0 saturated carbocycles. The van der Waals surface area contributed by atoms with Gasteiger partial charge >= 0.3 is 5.97 Å². The van der Waals surface area contributed by atoms with E-state index in [0.29, 0.717) is 30.0 Å². The number of amides is 1. The van der Waals surface area contributed by atoms with Crippen molar-refractivity contribution in [1.82, 2.24) is 9.97 Å². The van der Waals surface area contributed by atoms with Crippen LogP contribution in [0.5, 0.6) is 0 Å². The van der Waals surface area contributed by atoms with Crippen molar-refractivity contribution >= 4 is 23.4 Å². The number of carboxylic acids is 1. The maximum Gasteiger partial charge on any atom is 0.303 e. The van der Waals surface area contributed by atoms with E-state index in [1.54, 1.807) is 12.4 Å². The average molecular weight is 567 g/mol. The van der Waals surface area contributed by atoms with Crippen LogP contribution < -0.4 is 10.6 Å². The Bertz CT molecular complexity index is 1390. The number of anilines is 2. The first kappa shape index (κ1) is 30.4. The Balaban J connectivity index is 1.60. The molecule has 0 spiro atoms. The van der Waals surface area contributed by atoms with E-state index < -0.39 is 24.0 Å². The van der Waals surface area contributed by atoms with Crippen molar-refractivity contribution in [1.29, 1.82) is 0 Å². The molecule has 1 amide bonds. The highest BCUT2D eigenvalue weighted by Crippen LogP contribution is 2.43. The summed E-state index contributed by atoms with van der Waals surface area (Å²) in [6.45, 7) is 0. The first-order valence-electron chi connectivity index (χ1n) is 14.4. The molecule has 3 unspecified atom stereocenters. The third kappa shape index (κ3) is 8.97. The maximum absolute atomic E-state index is 13.0. The Kier molecular flexibility index (Phi) is 11.6. The van der Waals surface area contributed by atoms with E-state index in [9.17, 15) is 14.7 Å². The van der Waals surface area contributed by atoms with Gasteiger partial charge in [-0.05, 0) is 54.3 Å². The summed E-state index contributed by atoms with van der Waals surface area (Å²) in [6.07, 6.45) is 7.05. The lowest BCUT2D eigenvalue weighted by Crippen LogP contribution is -2.27. The third-order valence-corrected chi connectivity index (χ3v) is 7.20. The molecule has 8 heteroatoms. The van der Waals surface area contributed by atoms with Crippen LogP contribution in [0.15, 0.2) is 103 Å². The fourth-order valence-corrected chi connectivity index (χ4v) is 5.10. The molecule has 4 N–H and O–H groups in total. The minimum atomic E-state index is -0.910. The van der Waals surface area contributed by atoms with Gasteiger partial charge in [-0.15, -0.1) is 0 Å². The standard InChI is InChI=1S/C34H38N4O4/c39-30(21-7-2-1-3-8-22-31(40)41)37-27-18-10-9-17-26(27)33(38-29-20-12-14-24-36-29)32(28-19-11-13-23-35-28)34(42)25-15-5-4-6-16-25/h4-6,9-20,23-24,32-34,42H,1-3,7-8,21-22H2,(H,36,38)(H,37,39)(H,40,41). The van der Waals surface area contributed by atoms with Crippen molar-refractivity contribution in [3.8, 4) is 0 Å². The molecule has 0 bridgehead atoms. The number of unbranched alkanes of at least 4 members (excludes halogenated alkanes) is 4. The van der Waals surface area contributed by atoms with E-state index in [4.69, 9.17) is 5.11 Å². The van der Waals surface area contributed by atoms with Crippen molar-refractivity contribution in [2.24, 2.45) is 0 Å².